The molecule has 0 radical (unpaired) electrons. The summed E-state index contributed by atoms with van der Waals surface area (Å²) in [4.78, 5) is 29.0. The Balaban J connectivity index is 1.22. The predicted molar refractivity (Wildman–Crippen MR) is 121 cm³/mol. The molecule has 8 heteroatoms. The average molecular weight is 445 g/mol. The summed E-state index contributed by atoms with van der Waals surface area (Å²) >= 11 is 0. The highest BCUT2D eigenvalue weighted by molar-refractivity contribution is 5.78. The van der Waals surface area contributed by atoms with Gasteiger partial charge in [0.05, 0.1) is 50.2 Å². The van der Waals surface area contributed by atoms with Crippen LogP contribution in [0.3, 0.4) is 0 Å². The molecule has 3 saturated heterocycles. The fourth-order valence-corrected chi connectivity index (χ4v) is 4.82. The number of rotatable bonds is 7. The zero-order valence-electron chi connectivity index (χ0n) is 19.2. The van der Waals surface area contributed by atoms with Crippen molar-refractivity contribution in [2.45, 2.75) is 62.8 Å². The second-order valence-electron chi connectivity index (χ2n) is 10.0. The summed E-state index contributed by atoms with van der Waals surface area (Å²) in [6.45, 7) is 7.23. The van der Waals surface area contributed by atoms with Crippen LogP contribution in [0.4, 0.5) is 0 Å². The van der Waals surface area contributed by atoms with Gasteiger partial charge in [-0.2, -0.15) is 0 Å². The molecule has 3 aliphatic rings. The fourth-order valence-electron chi connectivity index (χ4n) is 4.82. The molecule has 1 aromatic rings. The summed E-state index contributed by atoms with van der Waals surface area (Å²) in [7, 11) is 0. The molecule has 3 N–H and O–H groups in total. The lowest BCUT2D eigenvalue weighted by Crippen LogP contribution is -2.67. The van der Waals surface area contributed by atoms with E-state index in [1.165, 1.54) is 0 Å². The molecule has 1 aromatic carbocycles. The minimum absolute atomic E-state index is 0.0358. The molecule has 0 bridgehead atoms. The maximum absolute atomic E-state index is 12.8. The van der Waals surface area contributed by atoms with Crippen LogP contribution in [0.2, 0.25) is 0 Å². The van der Waals surface area contributed by atoms with Gasteiger partial charge in [0.1, 0.15) is 0 Å². The van der Waals surface area contributed by atoms with Crippen molar-refractivity contribution in [2.24, 2.45) is 0 Å². The summed E-state index contributed by atoms with van der Waals surface area (Å²) in [5.74, 6) is 0.326. The Labute approximate surface area is 190 Å². The Bertz CT molecular complexity index is 805. The van der Waals surface area contributed by atoms with E-state index in [-0.39, 0.29) is 29.4 Å². The third kappa shape index (κ3) is 5.49. The first-order valence-electron chi connectivity index (χ1n) is 11.7. The van der Waals surface area contributed by atoms with E-state index in [4.69, 9.17) is 4.74 Å². The Morgan fingerprint density at radius 2 is 1.97 bits per heavy atom. The highest BCUT2D eigenvalue weighted by atomic mass is 16.5. The van der Waals surface area contributed by atoms with E-state index < -0.39 is 5.60 Å². The van der Waals surface area contributed by atoms with Crippen LogP contribution in [-0.4, -0.2) is 83.5 Å². The number of benzene rings is 1. The van der Waals surface area contributed by atoms with Gasteiger partial charge >= 0.3 is 0 Å². The van der Waals surface area contributed by atoms with Crippen LogP contribution in [-0.2, 0) is 14.3 Å². The molecule has 0 aromatic heterocycles. The molecule has 8 nitrogen and oxygen atoms in total. The Morgan fingerprint density at radius 1 is 1.28 bits per heavy atom. The van der Waals surface area contributed by atoms with Crippen LogP contribution in [0.25, 0.3) is 0 Å². The first kappa shape index (κ1) is 23.2. The van der Waals surface area contributed by atoms with Crippen LogP contribution in [0.15, 0.2) is 30.3 Å². The van der Waals surface area contributed by atoms with E-state index in [9.17, 15) is 14.7 Å². The Kier molecular flexibility index (Phi) is 6.86. The lowest BCUT2D eigenvalue weighted by Gasteiger charge is -2.46. The van der Waals surface area contributed by atoms with Crippen molar-refractivity contribution in [1.29, 1.82) is 0 Å². The van der Waals surface area contributed by atoms with Gasteiger partial charge in [-0.25, -0.2) is 0 Å². The van der Waals surface area contributed by atoms with Crippen molar-refractivity contribution in [3.63, 3.8) is 0 Å². The number of nitrogens with one attached hydrogen (secondary N) is 2. The van der Waals surface area contributed by atoms with Gasteiger partial charge < -0.3 is 19.6 Å². The van der Waals surface area contributed by atoms with Crippen molar-refractivity contribution in [1.82, 2.24) is 20.4 Å². The molecule has 3 heterocycles. The SMILES string of the molecule is C[C@H](CC(=O)N1CCC(O)(CN2CNC(NC3(C)COC3)CC2=O)CC1)c1ccccc1. The summed E-state index contributed by atoms with van der Waals surface area (Å²) in [6, 6.07) is 10.1. The van der Waals surface area contributed by atoms with Crippen molar-refractivity contribution in [3.05, 3.63) is 35.9 Å². The maximum atomic E-state index is 12.8. The molecule has 0 saturated carbocycles. The fraction of sp³-hybridized carbons (Fsp3) is 0.667. The van der Waals surface area contributed by atoms with E-state index in [1.807, 2.05) is 23.1 Å². The van der Waals surface area contributed by atoms with Gasteiger partial charge in [-0.1, -0.05) is 37.3 Å². The molecule has 176 valence electrons. The second-order valence-corrected chi connectivity index (χ2v) is 10.0. The van der Waals surface area contributed by atoms with Crippen molar-refractivity contribution in [2.75, 3.05) is 39.5 Å². The van der Waals surface area contributed by atoms with E-state index in [0.717, 1.165) is 5.56 Å². The molecule has 3 fully saturated rings. The smallest absolute Gasteiger partial charge is 0.226 e. The molecule has 0 spiro atoms. The number of nitrogens with zero attached hydrogens (tertiary/aromatic N) is 2. The highest BCUT2D eigenvalue weighted by Gasteiger charge is 2.40. The second kappa shape index (κ2) is 9.47. The lowest BCUT2D eigenvalue weighted by atomic mass is 9.89. The van der Waals surface area contributed by atoms with Crippen molar-refractivity contribution >= 4 is 11.8 Å². The molecule has 3 aliphatic heterocycles. The number of amides is 2. The van der Waals surface area contributed by atoms with Crippen LogP contribution >= 0.6 is 0 Å². The molecule has 1 unspecified atom stereocenters. The van der Waals surface area contributed by atoms with Gasteiger partial charge in [-0.3, -0.25) is 20.2 Å². The quantitative estimate of drug-likeness (QED) is 0.581. The topological polar surface area (TPSA) is 94.1 Å². The van der Waals surface area contributed by atoms with Gasteiger partial charge in [-0.15, -0.1) is 0 Å². The molecule has 32 heavy (non-hydrogen) atoms. The maximum Gasteiger partial charge on any atom is 0.226 e. The van der Waals surface area contributed by atoms with Crippen LogP contribution in [0.5, 0.6) is 0 Å². The van der Waals surface area contributed by atoms with Gasteiger partial charge in [0.15, 0.2) is 0 Å². The normalized spacial score (nSPS) is 25.8. The van der Waals surface area contributed by atoms with E-state index in [0.29, 0.717) is 65.2 Å². The van der Waals surface area contributed by atoms with Gasteiger partial charge in [-0.05, 0) is 31.2 Å². The van der Waals surface area contributed by atoms with E-state index >= 15 is 0 Å². The number of hydrogen-bond donors (Lipinski definition) is 3. The molecule has 0 aliphatic carbocycles. The molecule has 2 amide bonds. The third-order valence-corrected chi connectivity index (χ3v) is 7.01. The van der Waals surface area contributed by atoms with Crippen molar-refractivity contribution in [3.8, 4) is 0 Å². The predicted octanol–water partition coefficient (Wildman–Crippen LogP) is 1.02. The first-order valence-corrected chi connectivity index (χ1v) is 11.7. The molecule has 2 atom stereocenters. The Morgan fingerprint density at radius 3 is 2.56 bits per heavy atom. The lowest BCUT2D eigenvalue weighted by molar-refractivity contribution is -0.146. The van der Waals surface area contributed by atoms with E-state index in [1.54, 1.807) is 4.90 Å². The highest BCUT2D eigenvalue weighted by Crippen LogP contribution is 2.27. The number of carbonyl (C=O) groups is 2. The number of hydrogen-bond acceptors (Lipinski definition) is 6. The summed E-state index contributed by atoms with van der Waals surface area (Å²) in [6.07, 6.45) is 1.72. The largest absolute Gasteiger partial charge is 0.388 e. The summed E-state index contributed by atoms with van der Waals surface area (Å²) in [5, 5.41) is 17.9. The number of carbonyl (C=O) groups excluding carboxylic acids is 2. The molecule has 4 rings (SSSR count). The minimum atomic E-state index is -0.951. The monoisotopic (exact) mass is 444 g/mol. The zero-order chi connectivity index (χ0) is 22.8. The van der Waals surface area contributed by atoms with Crippen molar-refractivity contribution < 1.29 is 19.4 Å². The number of ether oxygens (including phenoxy) is 1. The van der Waals surface area contributed by atoms with Crippen LogP contribution in [0.1, 0.15) is 51.0 Å². The zero-order valence-corrected chi connectivity index (χ0v) is 19.2. The van der Waals surface area contributed by atoms with Gasteiger partial charge in [0, 0.05) is 19.5 Å². The van der Waals surface area contributed by atoms with Crippen LogP contribution in [0, 0.1) is 0 Å². The average Bonchev–Trinajstić information content (AvgIpc) is 2.75. The number of aliphatic hydroxyl groups is 1. The van der Waals surface area contributed by atoms with E-state index in [2.05, 4.69) is 36.6 Å². The Hall–Kier alpha value is -2.00. The number of likely N-dealkylation sites (tertiary alicyclic amines) is 1. The first-order chi connectivity index (χ1) is 15.3. The standard InChI is InChI=1S/C24H36N4O4/c1-18(19-6-4-3-5-7-19)12-21(29)27-10-8-24(31,9-11-27)14-28-17-25-20(13-22(28)30)26-23(2)15-32-16-23/h3-7,18,20,25-26,31H,8-17H2,1-2H3/t18-,20?/m1/s1. The van der Waals surface area contributed by atoms with Crippen LogP contribution < -0.4 is 10.6 Å². The summed E-state index contributed by atoms with van der Waals surface area (Å²) in [5.41, 5.74) is 0.139. The molecular formula is C24H36N4O4. The van der Waals surface area contributed by atoms with Gasteiger partial charge in [0.25, 0.3) is 0 Å². The van der Waals surface area contributed by atoms with Gasteiger partial charge in [0.2, 0.25) is 11.8 Å². The molecular weight excluding hydrogens is 408 g/mol. The third-order valence-electron chi connectivity index (χ3n) is 7.01. The number of β-amino-alcohol motifs (C(OH)–C–C–N with tert-alkyl or cyclic N) is 1. The number of piperidine rings is 1. The minimum Gasteiger partial charge on any atom is -0.388 e. The summed E-state index contributed by atoms with van der Waals surface area (Å²) < 4.78 is 5.26.